The van der Waals surface area contributed by atoms with Gasteiger partial charge in [0.15, 0.2) is 0 Å². The molecule has 0 aliphatic rings. The van der Waals surface area contributed by atoms with Crippen LogP contribution in [-0.4, -0.2) is 34.1 Å². The Balaban J connectivity index is 4.30. The minimum absolute atomic E-state index is 0.0278. The van der Waals surface area contributed by atoms with Gasteiger partial charge in [0.1, 0.15) is 0 Å². The van der Waals surface area contributed by atoms with Crippen LogP contribution < -0.4 is 0 Å². The van der Waals surface area contributed by atoms with E-state index in [0.717, 1.165) is 0 Å². The van der Waals surface area contributed by atoms with Crippen molar-refractivity contribution >= 4 is 5.91 Å². The van der Waals surface area contributed by atoms with Crippen LogP contribution in [0.4, 0.5) is 0 Å². The maximum absolute atomic E-state index is 11.6. The Morgan fingerprint density at radius 3 is 1.85 bits per heavy atom. The molecule has 13 heavy (non-hydrogen) atoms. The Hall–Kier alpha value is -0.570. The van der Waals surface area contributed by atoms with Gasteiger partial charge in [0.25, 0.3) is 0 Å². The lowest BCUT2D eigenvalue weighted by Crippen LogP contribution is -2.44. The Bertz CT molecular complexity index is 186. The van der Waals surface area contributed by atoms with E-state index in [2.05, 4.69) is 0 Å². The van der Waals surface area contributed by atoms with Crippen molar-refractivity contribution in [1.29, 1.82) is 0 Å². The van der Waals surface area contributed by atoms with Crippen molar-refractivity contribution in [2.75, 3.05) is 7.05 Å². The Morgan fingerprint density at radius 1 is 1.23 bits per heavy atom. The third-order valence-corrected chi connectivity index (χ3v) is 1.96. The molecule has 0 radical (unpaired) electrons. The molecule has 0 aliphatic heterocycles. The fourth-order valence-corrected chi connectivity index (χ4v) is 0.863. The number of hydrogen-bond donors (Lipinski definition) is 1. The van der Waals surface area contributed by atoms with Gasteiger partial charge in [-0.1, -0.05) is 0 Å². The van der Waals surface area contributed by atoms with E-state index in [1.54, 1.807) is 25.8 Å². The summed E-state index contributed by atoms with van der Waals surface area (Å²) in [5, 5.41) is 9.46. The van der Waals surface area contributed by atoms with Gasteiger partial charge in [-0.25, -0.2) is 0 Å². The second-order valence-corrected chi connectivity index (χ2v) is 5.11. The number of rotatable bonds is 2. The molecular weight excluding hydrogens is 166 g/mol. The standard InChI is InChI=1S/C10H21NO2/c1-9(2,3)11(6)8(12)7-10(4,5)13/h13H,7H2,1-6H3. The van der Waals surface area contributed by atoms with Crippen LogP contribution in [-0.2, 0) is 4.79 Å². The summed E-state index contributed by atoms with van der Waals surface area (Å²) >= 11 is 0. The topological polar surface area (TPSA) is 40.5 Å². The molecule has 0 heterocycles. The van der Waals surface area contributed by atoms with Crippen molar-refractivity contribution in [1.82, 2.24) is 4.90 Å². The minimum atomic E-state index is -0.920. The maximum Gasteiger partial charge on any atom is 0.225 e. The summed E-state index contributed by atoms with van der Waals surface area (Å²) in [6.45, 7) is 9.18. The minimum Gasteiger partial charge on any atom is -0.390 e. The largest absolute Gasteiger partial charge is 0.390 e. The molecule has 0 aromatic rings. The molecule has 0 aliphatic carbocycles. The number of aliphatic hydroxyl groups is 1. The first-order chi connectivity index (χ1) is 5.54. The Morgan fingerprint density at radius 2 is 1.62 bits per heavy atom. The van der Waals surface area contributed by atoms with Crippen molar-refractivity contribution in [3.05, 3.63) is 0 Å². The summed E-state index contributed by atoms with van der Waals surface area (Å²) in [7, 11) is 1.76. The van der Waals surface area contributed by atoms with Crippen molar-refractivity contribution in [3.63, 3.8) is 0 Å². The first kappa shape index (κ1) is 12.4. The number of hydrogen-bond acceptors (Lipinski definition) is 2. The molecule has 1 N–H and O–H groups in total. The van der Waals surface area contributed by atoms with E-state index in [1.807, 2.05) is 20.8 Å². The second-order valence-electron chi connectivity index (χ2n) is 5.11. The van der Waals surface area contributed by atoms with Gasteiger partial charge < -0.3 is 10.0 Å². The summed E-state index contributed by atoms with van der Waals surface area (Å²) in [5.74, 6) is -0.0278. The van der Waals surface area contributed by atoms with Crippen LogP contribution in [0.25, 0.3) is 0 Å². The molecule has 0 saturated carbocycles. The lowest BCUT2D eigenvalue weighted by atomic mass is 10.0. The predicted molar refractivity (Wildman–Crippen MR) is 53.4 cm³/mol. The lowest BCUT2D eigenvalue weighted by molar-refractivity contribution is -0.138. The highest BCUT2D eigenvalue weighted by molar-refractivity contribution is 5.77. The smallest absolute Gasteiger partial charge is 0.225 e. The molecule has 0 aromatic heterocycles. The molecule has 0 saturated heterocycles. The van der Waals surface area contributed by atoms with Gasteiger partial charge in [0.05, 0.1) is 12.0 Å². The van der Waals surface area contributed by atoms with Gasteiger partial charge in [0, 0.05) is 12.6 Å². The van der Waals surface area contributed by atoms with E-state index in [1.165, 1.54) is 0 Å². The van der Waals surface area contributed by atoms with Gasteiger partial charge in [-0.15, -0.1) is 0 Å². The average Bonchev–Trinajstić information content (AvgIpc) is 1.79. The predicted octanol–water partition coefficient (Wildman–Crippen LogP) is 1.40. The maximum atomic E-state index is 11.6. The molecule has 0 spiro atoms. The molecule has 3 nitrogen and oxygen atoms in total. The highest BCUT2D eigenvalue weighted by atomic mass is 16.3. The highest BCUT2D eigenvalue weighted by Gasteiger charge is 2.26. The van der Waals surface area contributed by atoms with Crippen molar-refractivity contribution in [2.45, 2.75) is 52.2 Å². The molecule has 0 bridgehead atoms. The number of carbonyl (C=O) groups is 1. The van der Waals surface area contributed by atoms with Crippen molar-refractivity contribution in [2.24, 2.45) is 0 Å². The highest BCUT2D eigenvalue weighted by Crippen LogP contribution is 2.16. The molecule has 3 heteroatoms. The number of nitrogens with zero attached hydrogens (tertiary/aromatic N) is 1. The van der Waals surface area contributed by atoms with Crippen LogP contribution in [0.5, 0.6) is 0 Å². The molecule has 0 rings (SSSR count). The summed E-state index contributed by atoms with van der Waals surface area (Å²) in [5.41, 5.74) is -1.10. The third-order valence-electron chi connectivity index (χ3n) is 1.96. The molecular formula is C10H21NO2. The van der Waals surface area contributed by atoms with Crippen LogP contribution in [0.15, 0.2) is 0 Å². The van der Waals surface area contributed by atoms with Crippen LogP contribution >= 0.6 is 0 Å². The summed E-state index contributed by atoms with van der Waals surface area (Å²) in [6.07, 6.45) is 0.167. The van der Waals surface area contributed by atoms with Crippen molar-refractivity contribution in [3.8, 4) is 0 Å². The average molecular weight is 187 g/mol. The molecule has 0 atom stereocenters. The van der Waals surface area contributed by atoms with Crippen molar-refractivity contribution < 1.29 is 9.90 Å². The molecule has 78 valence electrons. The summed E-state index contributed by atoms with van der Waals surface area (Å²) in [6, 6.07) is 0. The first-order valence-electron chi connectivity index (χ1n) is 4.53. The van der Waals surface area contributed by atoms with Gasteiger partial charge in [-0.3, -0.25) is 4.79 Å². The number of carbonyl (C=O) groups excluding carboxylic acids is 1. The fraction of sp³-hybridized carbons (Fsp3) is 0.900. The summed E-state index contributed by atoms with van der Waals surface area (Å²) < 4.78 is 0. The van der Waals surface area contributed by atoms with Gasteiger partial charge in [-0.05, 0) is 34.6 Å². The monoisotopic (exact) mass is 187 g/mol. The summed E-state index contributed by atoms with van der Waals surface area (Å²) in [4.78, 5) is 13.2. The van der Waals surface area contributed by atoms with Crippen LogP contribution in [0, 0.1) is 0 Å². The van der Waals surface area contributed by atoms with E-state index < -0.39 is 5.60 Å². The Kier molecular flexibility index (Phi) is 3.50. The fourth-order valence-electron chi connectivity index (χ4n) is 0.863. The Labute approximate surface area is 80.7 Å². The molecule has 0 aromatic carbocycles. The van der Waals surface area contributed by atoms with E-state index in [4.69, 9.17) is 0 Å². The van der Waals surface area contributed by atoms with E-state index in [-0.39, 0.29) is 17.9 Å². The van der Waals surface area contributed by atoms with E-state index in [0.29, 0.717) is 0 Å². The molecule has 0 unspecified atom stereocenters. The lowest BCUT2D eigenvalue weighted by Gasteiger charge is -2.33. The zero-order valence-corrected chi connectivity index (χ0v) is 9.51. The molecule has 0 fully saturated rings. The van der Waals surface area contributed by atoms with Gasteiger partial charge in [-0.2, -0.15) is 0 Å². The van der Waals surface area contributed by atoms with Crippen LogP contribution in [0.3, 0.4) is 0 Å². The second kappa shape index (κ2) is 3.66. The SMILES string of the molecule is CN(C(=O)CC(C)(C)O)C(C)(C)C. The van der Waals surface area contributed by atoms with Crippen LogP contribution in [0.1, 0.15) is 41.0 Å². The van der Waals surface area contributed by atoms with Crippen LogP contribution in [0.2, 0.25) is 0 Å². The van der Waals surface area contributed by atoms with Gasteiger partial charge in [0.2, 0.25) is 5.91 Å². The van der Waals surface area contributed by atoms with Gasteiger partial charge >= 0.3 is 0 Å². The number of amides is 1. The molecule has 1 amide bonds. The zero-order chi connectivity index (χ0) is 10.9. The van der Waals surface area contributed by atoms with E-state index in [9.17, 15) is 9.90 Å². The quantitative estimate of drug-likeness (QED) is 0.710. The normalized spacial score (nSPS) is 12.8. The first-order valence-corrected chi connectivity index (χ1v) is 4.53. The van der Waals surface area contributed by atoms with E-state index >= 15 is 0 Å². The third kappa shape index (κ3) is 4.88. The zero-order valence-electron chi connectivity index (χ0n) is 9.51.